The van der Waals surface area contributed by atoms with E-state index >= 15 is 0 Å². The summed E-state index contributed by atoms with van der Waals surface area (Å²) < 4.78 is 10.7. The van der Waals surface area contributed by atoms with Gasteiger partial charge in [-0.3, -0.25) is 9.59 Å². The third-order valence-corrected chi connectivity index (χ3v) is 5.27. The van der Waals surface area contributed by atoms with Crippen LogP contribution in [0.25, 0.3) is 0 Å². The molecule has 1 aromatic rings. The van der Waals surface area contributed by atoms with Crippen LogP contribution in [0.4, 0.5) is 5.69 Å². The van der Waals surface area contributed by atoms with Gasteiger partial charge in [0.15, 0.2) is 0 Å². The summed E-state index contributed by atoms with van der Waals surface area (Å²) in [4.78, 5) is 24.1. The molecule has 0 aliphatic carbocycles. The molecular weight excluding hydrogens is 398 g/mol. The minimum Gasteiger partial charge on any atom is -0.492 e. The number of rotatable bonds is 6. The van der Waals surface area contributed by atoms with E-state index in [0.29, 0.717) is 35.1 Å². The van der Waals surface area contributed by atoms with Gasteiger partial charge in [0, 0.05) is 58.3 Å². The highest BCUT2D eigenvalue weighted by molar-refractivity contribution is 6.33. The fraction of sp³-hybridized carbons (Fsp3) is 0.600. The number of halogens is 1. The number of amides is 1. The second-order valence-electron chi connectivity index (χ2n) is 7.18. The van der Waals surface area contributed by atoms with Crippen molar-refractivity contribution >= 4 is 29.2 Å². The second-order valence-corrected chi connectivity index (χ2v) is 7.59. The summed E-state index contributed by atoms with van der Waals surface area (Å²) in [6, 6.07) is 1.80. The number of benzene rings is 1. The topological polar surface area (TPSA) is 114 Å². The Bertz CT molecular complexity index is 717. The van der Waals surface area contributed by atoms with E-state index in [-0.39, 0.29) is 11.9 Å². The van der Waals surface area contributed by atoms with Crippen molar-refractivity contribution < 1.29 is 24.2 Å². The highest BCUT2D eigenvalue weighted by Crippen LogP contribution is 2.38. The number of nitrogens with two attached hydrogens (primary N) is 1. The number of ether oxygens (including phenoxy) is 2. The molecule has 2 aliphatic heterocycles. The van der Waals surface area contributed by atoms with Gasteiger partial charge in [0.25, 0.3) is 11.9 Å². The van der Waals surface area contributed by atoms with Crippen molar-refractivity contribution in [1.82, 2.24) is 10.2 Å². The van der Waals surface area contributed by atoms with Crippen LogP contribution in [-0.4, -0.2) is 67.9 Å². The quantitative estimate of drug-likeness (QED) is 0.470. The van der Waals surface area contributed by atoms with E-state index in [1.54, 1.807) is 13.2 Å². The number of nitrogens with zero attached hydrogens (tertiary/aromatic N) is 1. The summed E-state index contributed by atoms with van der Waals surface area (Å²) in [6.45, 7) is 5.45. The van der Waals surface area contributed by atoms with Crippen molar-refractivity contribution in [2.75, 3.05) is 45.7 Å². The Kier molecular flexibility index (Phi) is 9.00. The number of carboxylic acid groups (broad SMARTS) is 1. The van der Waals surface area contributed by atoms with Crippen LogP contribution < -0.4 is 15.8 Å². The smallest absolute Gasteiger partial charge is 0.300 e. The molecule has 4 N–H and O–H groups in total. The van der Waals surface area contributed by atoms with Crippen LogP contribution >= 0.6 is 11.6 Å². The molecule has 9 heteroatoms. The molecule has 0 unspecified atom stereocenters. The standard InChI is InChI=1S/C18H26ClN3O3.C2H4O2/c1-24-9-2-6-22-7-3-12(4-8-22)21-18(23)14-11-15(19)16(20)13-5-10-25-17(13)14;1-2(3)4/h11-12H,2-10,20H2,1H3,(H,21,23);1H3,(H,3,4). The number of anilines is 1. The number of hydrogen-bond donors (Lipinski definition) is 3. The lowest BCUT2D eigenvalue weighted by Gasteiger charge is -2.32. The first kappa shape index (κ1) is 23.3. The Hall–Kier alpha value is -2.03. The number of nitrogens with one attached hydrogen (secondary N) is 1. The first-order valence-electron chi connectivity index (χ1n) is 9.78. The maximum Gasteiger partial charge on any atom is 0.300 e. The summed E-state index contributed by atoms with van der Waals surface area (Å²) in [6.07, 6.45) is 3.64. The van der Waals surface area contributed by atoms with Gasteiger partial charge in [-0.15, -0.1) is 0 Å². The molecule has 1 saturated heterocycles. The lowest BCUT2D eigenvalue weighted by Crippen LogP contribution is -2.45. The molecule has 3 rings (SSSR count). The maximum absolute atomic E-state index is 12.7. The van der Waals surface area contributed by atoms with Gasteiger partial charge in [-0.2, -0.15) is 0 Å². The minimum absolute atomic E-state index is 0.127. The van der Waals surface area contributed by atoms with Gasteiger partial charge in [0.2, 0.25) is 0 Å². The molecule has 0 spiro atoms. The van der Waals surface area contributed by atoms with Gasteiger partial charge in [-0.1, -0.05) is 11.6 Å². The van der Waals surface area contributed by atoms with E-state index < -0.39 is 5.97 Å². The zero-order chi connectivity index (χ0) is 21.4. The van der Waals surface area contributed by atoms with E-state index in [9.17, 15) is 4.79 Å². The summed E-state index contributed by atoms with van der Waals surface area (Å²) >= 11 is 6.19. The SMILES string of the molecule is CC(=O)O.COCCCN1CCC(NC(=O)c2cc(Cl)c(N)c3c2OCC3)CC1. The number of nitrogen functional groups attached to an aromatic ring is 1. The van der Waals surface area contributed by atoms with Crippen molar-refractivity contribution in [3.63, 3.8) is 0 Å². The summed E-state index contributed by atoms with van der Waals surface area (Å²) in [5.41, 5.74) is 7.86. The fourth-order valence-electron chi connectivity index (χ4n) is 3.53. The highest BCUT2D eigenvalue weighted by atomic mass is 35.5. The molecule has 0 aromatic heterocycles. The molecule has 1 amide bonds. The molecule has 0 bridgehead atoms. The monoisotopic (exact) mass is 427 g/mol. The number of likely N-dealkylation sites (tertiary alicyclic amines) is 1. The van der Waals surface area contributed by atoms with Crippen molar-refractivity contribution in [3.8, 4) is 5.75 Å². The molecule has 2 heterocycles. The van der Waals surface area contributed by atoms with Crippen molar-refractivity contribution in [3.05, 3.63) is 22.2 Å². The zero-order valence-corrected chi connectivity index (χ0v) is 17.8. The number of carbonyl (C=O) groups is 2. The Labute approximate surface area is 176 Å². The normalized spacial score (nSPS) is 16.4. The van der Waals surface area contributed by atoms with Crippen LogP contribution in [0.15, 0.2) is 6.07 Å². The van der Waals surface area contributed by atoms with Crippen LogP contribution in [-0.2, 0) is 16.0 Å². The Morgan fingerprint density at radius 3 is 2.69 bits per heavy atom. The maximum atomic E-state index is 12.7. The third-order valence-electron chi connectivity index (χ3n) is 4.96. The number of methoxy groups -OCH3 is 1. The number of carboxylic acids is 1. The molecule has 29 heavy (non-hydrogen) atoms. The average Bonchev–Trinajstić information content (AvgIpc) is 3.16. The molecule has 0 atom stereocenters. The predicted octanol–water partition coefficient (Wildman–Crippen LogP) is 2.18. The molecule has 2 aliphatic rings. The molecular formula is C20H30ClN3O5. The minimum atomic E-state index is -0.833. The predicted molar refractivity (Wildman–Crippen MR) is 112 cm³/mol. The number of piperidine rings is 1. The van der Waals surface area contributed by atoms with Gasteiger partial charge in [0.1, 0.15) is 5.75 Å². The molecule has 162 valence electrons. The zero-order valence-electron chi connectivity index (χ0n) is 17.0. The second kappa shape index (κ2) is 11.2. The van der Waals surface area contributed by atoms with Crippen LogP contribution in [0, 0.1) is 0 Å². The number of aliphatic carboxylic acids is 1. The first-order chi connectivity index (χ1) is 13.8. The van der Waals surface area contributed by atoms with Crippen LogP contribution in [0.3, 0.4) is 0 Å². The van der Waals surface area contributed by atoms with E-state index in [1.165, 1.54) is 0 Å². The number of hydrogen-bond acceptors (Lipinski definition) is 6. The van der Waals surface area contributed by atoms with Crippen LogP contribution in [0.1, 0.15) is 42.1 Å². The molecule has 0 radical (unpaired) electrons. The van der Waals surface area contributed by atoms with Crippen molar-refractivity contribution in [1.29, 1.82) is 0 Å². The lowest BCUT2D eigenvalue weighted by molar-refractivity contribution is -0.134. The van der Waals surface area contributed by atoms with Gasteiger partial charge in [-0.25, -0.2) is 0 Å². The molecule has 1 aromatic carbocycles. The van der Waals surface area contributed by atoms with Crippen molar-refractivity contribution in [2.45, 2.75) is 38.6 Å². The fourth-order valence-corrected chi connectivity index (χ4v) is 3.76. The lowest BCUT2D eigenvalue weighted by atomic mass is 10.0. The van der Waals surface area contributed by atoms with Gasteiger partial charge in [0.05, 0.1) is 22.9 Å². The van der Waals surface area contributed by atoms with Crippen LogP contribution in [0.5, 0.6) is 5.75 Å². The average molecular weight is 428 g/mol. The molecule has 8 nitrogen and oxygen atoms in total. The summed E-state index contributed by atoms with van der Waals surface area (Å²) in [5.74, 6) is -0.366. The van der Waals surface area contributed by atoms with E-state index in [2.05, 4.69) is 10.2 Å². The first-order valence-corrected chi connectivity index (χ1v) is 10.2. The largest absolute Gasteiger partial charge is 0.492 e. The molecule has 1 fully saturated rings. The summed E-state index contributed by atoms with van der Waals surface area (Å²) in [5, 5.41) is 11.0. The van der Waals surface area contributed by atoms with Gasteiger partial charge >= 0.3 is 0 Å². The Morgan fingerprint density at radius 1 is 1.41 bits per heavy atom. The number of fused-ring (bicyclic) bond motifs is 1. The van der Waals surface area contributed by atoms with Crippen LogP contribution in [0.2, 0.25) is 5.02 Å². The Balaban J connectivity index is 0.000000687. The van der Waals surface area contributed by atoms with E-state index in [1.807, 2.05) is 0 Å². The number of carbonyl (C=O) groups excluding carboxylic acids is 1. The summed E-state index contributed by atoms with van der Waals surface area (Å²) in [7, 11) is 1.73. The van der Waals surface area contributed by atoms with Gasteiger partial charge in [-0.05, 0) is 25.3 Å². The highest BCUT2D eigenvalue weighted by Gasteiger charge is 2.27. The van der Waals surface area contributed by atoms with Gasteiger partial charge < -0.3 is 30.5 Å². The Morgan fingerprint density at radius 2 is 2.07 bits per heavy atom. The van der Waals surface area contributed by atoms with E-state index in [4.69, 9.17) is 36.7 Å². The molecule has 0 saturated carbocycles. The third kappa shape index (κ3) is 6.76. The van der Waals surface area contributed by atoms with E-state index in [0.717, 1.165) is 58.0 Å². The van der Waals surface area contributed by atoms with Crippen molar-refractivity contribution in [2.24, 2.45) is 0 Å².